The van der Waals surface area contributed by atoms with E-state index in [9.17, 15) is 14.4 Å². The molecule has 0 radical (unpaired) electrons. The molecule has 0 unspecified atom stereocenters. The van der Waals surface area contributed by atoms with Gasteiger partial charge in [-0.3, -0.25) is 14.4 Å². The van der Waals surface area contributed by atoms with Crippen LogP contribution in [-0.4, -0.2) is 42.0 Å². The Morgan fingerprint density at radius 3 is 1.88 bits per heavy atom. The fraction of sp³-hybridized carbons (Fsp3) is 0.423. The second kappa shape index (κ2) is 17.9. The average Bonchev–Trinajstić information content (AvgIpc) is 2.84. The van der Waals surface area contributed by atoms with Gasteiger partial charge < -0.3 is 10.6 Å². The smallest absolute Gasteiger partial charge is 0.251 e. The largest absolute Gasteiger partial charge is 0.355 e. The van der Waals surface area contributed by atoms with Crippen molar-refractivity contribution in [3.05, 3.63) is 59.7 Å². The third kappa shape index (κ3) is 11.7. The fourth-order valence-electron chi connectivity index (χ4n) is 2.67. The average molecular weight is 474 g/mol. The summed E-state index contributed by atoms with van der Waals surface area (Å²) in [5, 5.41) is 5.37. The van der Waals surface area contributed by atoms with E-state index in [0.717, 1.165) is 25.2 Å². The van der Waals surface area contributed by atoms with Crippen LogP contribution in [0.2, 0.25) is 0 Å². The number of ketones is 1. The van der Waals surface area contributed by atoms with Crippen LogP contribution < -0.4 is 10.6 Å². The topological polar surface area (TPSA) is 78.5 Å². The third-order valence-electron chi connectivity index (χ3n) is 4.33. The monoisotopic (exact) mass is 473 g/mol. The Kier molecular flexibility index (Phi) is 16.4. The molecule has 0 saturated heterocycles. The molecule has 0 aliphatic rings. The highest BCUT2D eigenvalue weighted by atomic mass is 32.2. The number of hydrogen-bond acceptors (Lipinski definition) is 5. The van der Waals surface area contributed by atoms with E-state index >= 15 is 0 Å². The number of carbonyl (C=O) groups excluding carboxylic acids is 3. The van der Waals surface area contributed by atoms with E-state index in [2.05, 4.69) is 28.8 Å². The van der Waals surface area contributed by atoms with Crippen molar-refractivity contribution < 1.29 is 14.4 Å². The SMILES string of the molecule is CC.CCCC(=O)Nc1ccc(SN(CC)CC)cc1.CNC(=O)c1ccccc1C(C)=O. The van der Waals surface area contributed by atoms with Gasteiger partial charge in [0.1, 0.15) is 0 Å². The van der Waals surface area contributed by atoms with Crippen molar-refractivity contribution in [2.24, 2.45) is 0 Å². The summed E-state index contributed by atoms with van der Waals surface area (Å²) in [6, 6.07) is 14.8. The minimum atomic E-state index is -0.231. The van der Waals surface area contributed by atoms with E-state index in [1.165, 1.54) is 11.8 Å². The lowest BCUT2D eigenvalue weighted by molar-refractivity contribution is -0.116. The van der Waals surface area contributed by atoms with Gasteiger partial charge in [0.25, 0.3) is 5.91 Å². The molecule has 2 aromatic carbocycles. The molecule has 33 heavy (non-hydrogen) atoms. The van der Waals surface area contributed by atoms with Gasteiger partial charge in [0, 0.05) is 42.7 Å². The van der Waals surface area contributed by atoms with Gasteiger partial charge in [-0.1, -0.05) is 52.8 Å². The molecule has 0 aliphatic heterocycles. The van der Waals surface area contributed by atoms with Gasteiger partial charge in [-0.2, -0.15) is 0 Å². The summed E-state index contributed by atoms with van der Waals surface area (Å²) < 4.78 is 2.28. The number of carbonyl (C=O) groups is 3. The Labute approximate surface area is 203 Å². The number of rotatable bonds is 9. The van der Waals surface area contributed by atoms with Crippen LogP contribution >= 0.6 is 11.9 Å². The molecule has 2 N–H and O–H groups in total. The van der Waals surface area contributed by atoms with Crippen LogP contribution in [0.5, 0.6) is 0 Å². The first kappa shape index (κ1) is 30.4. The molecule has 2 aromatic rings. The van der Waals surface area contributed by atoms with Crippen molar-refractivity contribution in [1.82, 2.24) is 9.62 Å². The first-order valence-corrected chi connectivity index (χ1v) is 12.3. The molecule has 0 saturated carbocycles. The highest BCUT2D eigenvalue weighted by molar-refractivity contribution is 7.97. The molecule has 0 atom stereocenters. The van der Waals surface area contributed by atoms with Gasteiger partial charge in [-0.05, 0) is 55.6 Å². The van der Waals surface area contributed by atoms with Gasteiger partial charge in [0.2, 0.25) is 5.91 Å². The van der Waals surface area contributed by atoms with Crippen LogP contribution in [0.3, 0.4) is 0 Å². The second-order valence-electron chi connectivity index (χ2n) is 6.71. The van der Waals surface area contributed by atoms with Crippen molar-refractivity contribution in [3.8, 4) is 0 Å². The predicted octanol–water partition coefficient (Wildman–Crippen LogP) is 6.05. The Balaban J connectivity index is 0.000000602. The van der Waals surface area contributed by atoms with Crippen LogP contribution in [-0.2, 0) is 4.79 Å². The molecule has 0 heterocycles. The Morgan fingerprint density at radius 1 is 0.879 bits per heavy atom. The number of benzene rings is 2. The molecule has 0 fully saturated rings. The lowest BCUT2D eigenvalue weighted by atomic mass is 10.0. The lowest BCUT2D eigenvalue weighted by Crippen LogP contribution is -2.20. The normalized spacial score (nSPS) is 9.70. The quantitative estimate of drug-likeness (QED) is 0.342. The van der Waals surface area contributed by atoms with Crippen molar-refractivity contribution in [3.63, 3.8) is 0 Å². The minimum absolute atomic E-state index is 0.0849. The maximum absolute atomic E-state index is 11.4. The number of Topliss-reactive ketones (excluding diaryl/α,β-unsaturated/α-hetero) is 1. The van der Waals surface area contributed by atoms with E-state index in [1.54, 1.807) is 43.3 Å². The summed E-state index contributed by atoms with van der Waals surface area (Å²) in [5.41, 5.74) is 1.76. The number of nitrogens with zero attached hydrogens (tertiary/aromatic N) is 1. The summed E-state index contributed by atoms with van der Waals surface area (Å²) in [6.45, 7) is 13.8. The Bertz CT molecular complexity index is 850. The molecular weight excluding hydrogens is 434 g/mol. The summed E-state index contributed by atoms with van der Waals surface area (Å²) in [6.07, 6.45) is 1.46. The summed E-state index contributed by atoms with van der Waals surface area (Å²) in [7, 11) is 1.54. The predicted molar refractivity (Wildman–Crippen MR) is 140 cm³/mol. The second-order valence-corrected chi connectivity index (χ2v) is 7.88. The Morgan fingerprint density at radius 2 is 1.42 bits per heavy atom. The van der Waals surface area contributed by atoms with E-state index < -0.39 is 0 Å². The van der Waals surface area contributed by atoms with Gasteiger partial charge >= 0.3 is 0 Å². The van der Waals surface area contributed by atoms with Crippen LogP contribution in [0.4, 0.5) is 5.69 Å². The molecule has 0 aromatic heterocycles. The van der Waals surface area contributed by atoms with Gasteiger partial charge in [-0.15, -0.1) is 0 Å². The third-order valence-corrected chi connectivity index (χ3v) is 5.59. The van der Waals surface area contributed by atoms with Crippen LogP contribution in [0, 0.1) is 0 Å². The minimum Gasteiger partial charge on any atom is -0.355 e. The molecule has 6 nitrogen and oxygen atoms in total. The number of nitrogens with one attached hydrogen (secondary N) is 2. The Hall–Kier alpha value is -2.64. The maximum Gasteiger partial charge on any atom is 0.251 e. The van der Waals surface area contributed by atoms with Crippen LogP contribution in [0.1, 0.15) is 75.1 Å². The zero-order valence-corrected chi connectivity index (χ0v) is 21.8. The van der Waals surface area contributed by atoms with Gasteiger partial charge in [0.05, 0.1) is 5.56 Å². The highest BCUT2D eigenvalue weighted by Crippen LogP contribution is 2.23. The first-order chi connectivity index (χ1) is 15.9. The number of amides is 2. The van der Waals surface area contributed by atoms with Crippen LogP contribution in [0.25, 0.3) is 0 Å². The summed E-state index contributed by atoms with van der Waals surface area (Å²) in [5.74, 6) is -0.244. The molecule has 7 heteroatoms. The first-order valence-electron chi connectivity index (χ1n) is 11.5. The molecular formula is C26H39N3O3S. The summed E-state index contributed by atoms with van der Waals surface area (Å²) in [4.78, 5) is 35.0. The molecule has 0 spiro atoms. The van der Waals surface area contributed by atoms with Crippen LogP contribution in [0.15, 0.2) is 53.4 Å². The zero-order valence-electron chi connectivity index (χ0n) is 21.0. The maximum atomic E-state index is 11.4. The van der Waals surface area contributed by atoms with Crippen molar-refractivity contribution >= 4 is 35.2 Å². The van der Waals surface area contributed by atoms with Crippen molar-refractivity contribution in [2.75, 3.05) is 25.5 Å². The number of hydrogen-bond donors (Lipinski definition) is 2. The van der Waals surface area contributed by atoms with E-state index in [-0.39, 0.29) is 17.6 Å². The molecule has 0 bridgehead atoms. The molecule has 2 rings (SSSR count). The molecule has 2 amide bonds. The lowest BCUT2D eigenvalue weighted by Gasteiger charge is -2.16. The van der Waals surface area contributed by atoms with Gasteiger partial charge in [0.15, 0.2) is 5.78 Å². The molecule has 0 aliphatic carbocycles. The van der Waals surface area contributed by atoms with Crippen molar-refractivity contribution in [2.45, 2.75) is 59.3 Å². The van der Waals surface area contributed by atoms with Gasteiger partial charge in [-0.25, -0.2) is 4.31 Å². The summed E-state index contributed by atoms with van der Waals surface area (Å²) >= 11 is 1.75. The van der Waals surface area contributed by atoms with E-state index in [1.807, 2.05) is 45.0 Å². The highest BCUT2D eigenvalue weighted by Gasteiger charge is 2.11. The van der Waals surface area contributed by atoms with Crippen molar-refractivity contribution in [1.29, 1.82) is 0 Å². The van der Waals surface area contributed by atoms with E-state index in [0.29, 0.717) is 17.5 Å². The standard InChI is InChI=1S/C14H22N2OS.C10H11NO2.C2H6/c1-4-7-14(17)15-12-8-10-13(11-9-12)18-16(5-2)6-3;1-7(12)8-5-3-4-6-9(8)10(13)11-2;1-2/h8-11H,4-7H2,1-3H3,(H,15,17);3-6H,1-2H3,(H,11,13);1-2H3. The van der Waals surface area contributed by atoms with E-state index in [4.69, 9.17) is 0 Å². The zero-order chi connectivity index (χ0) is 25.2. The molecule has 182 valence electrons. The fourth-order valence-corrected chi connectivity index (χ4v) is 3.49. The number of anilines is 1.